The maximum Gasteiger partial charge on any atom is 0.343 e. The molecular weight excluding hydrogens is 152 g/mol. The van der Waals surface area contributed by atoms with Gasteiger partial charge in [-0.3, -0.25) is 0 Å². The Bertz CT molecular complexity index is 256. The van der Waals surface area contributed by atoms with E-state index in [1.54, 1.807) is 26.2 Å². The van der Waals surface area contributed by atoms with Crippen LogP contribution >= 0.6 is 0 Å². The molecule has 1 rings (SSSR count). The van der Waals surface area contributed by atoms with Crippen LogP contribution in [0.5, 0.6) is 0 Å². The number of hydrogen-bond acceptors (Lipinski definition) is 1. The molecule has 0 aliphatic carbocycles. The lowest BCUT2D eigenvalue weighted by Crippen LogP contribution is -2.26. The zero-order valence-corrected chi connectivity index (χ0v) is 7.19. The van der Waals surface area contributed by atoms with Crippen molar-refractivity contribution in [3.63, 3.8) is 0 Å². The van der Waals surface area contributed by atoms with Gasteiger partial charge in [-0.2, -0.15) is 5.32 Å². The van der Waals surface area contributed by atoms with Gasteiger partial charge in [-0.1, -0.05) is 18.2 Å². The van der Waals surface area contributed by atoms with E-state index in [1.807, 2.05) is 18.2 Å². The lowest BCUT2D eigenvalue weighted by molar-refractivity contribution is 0.221. The van der Waals surface area contributed by atoms with Crippen molar-refractivity contribution >= 4 is 11.7 Å². The van der Waals surface area contributed by atoms with Crippen LogP contribution in [0.3, 0.4) is 0 Å². The Morgan fingerprint density at radius 2 is 1.83 bits per heavy atom. The molecule has 3 nitrogen and oxygen atoms in total. The lowest BCUT2D eigenvalue weighted by Gasteiger charge is -2.08. The molecule has 0 spiro atoms. The Labute approximate surface area is 72.0 Å². The molecule has 1 aromatic rings. The van der Waals surface area contributed by atoms with Crippen LogP contribution in [0.4, 0.5) is 10.5 Å². The van der Waals surface area contributed by atoms with Crippen molar-refractivity contribution in [1.82, 2.24) is 10.2 Å². The summed E-state index contributed by atoms with van der Waals surface area (Å²) in [6, 6.07) is 8.94. The molecule has 63 valence electrons. The van der Waals surface area contributed by atoms with Gasteiger partial charge in [0.2, 0.25) is 0 Å². The number of urea groups is 1. The molecule has 2 amide bonds. The van der Waals surface area contributed by atoms with Crippen LogP contribution in [-0.4, -0.2) is 25.0 Å². The minimum atomic E-state index is -0.235. The van der Waals surface area contributed by atoms with Crippen LogP contribution in [0.15, 0.2) is 30.3 Å². The third kappa shape index (κ3) is 2.27. The lowest BCUT2D eigenvalue weighted by atomic mass is 10.3. The van der Waals surface area contributed by atoms with E-state index >= 15 is 0 Å². The Kier molecular flexibility index (Phi) is 2.69. The highest BCUT2D eigenvalue weighted by molar-refractivity contribution is 5.78. The third-order valence-corrected chi connectivity index (χ3v) is 1.36. The molecule has 0 aliphatic rings. The van der Waals surface area contributed by atoms with Crippen LogP contribution in [0.25, 0.3) is 0 Å². The minimum Gasteiger partial charge on any atom is -0.329 e. The summed E-state index contributed by atoms with van der Waals surface area (Å²) < 4.78 is 0. The highest BCUT2D eigenvalue weighted by Gasteiger charge is 2.04. The molecule has 1 aromatic carbocycles. The molecule has 0 saturated heterocycles. The topological polar surface area (TPSA) is 34.4 Å². The largest absolute Gasteiger partial charge is 0.343 e. The Balaban J connectivity index is 2.59. The normalized spacial score (nSPS) is 9.17. The van der Waals surface area contributed by atoms with Gasteiger partial charge in [-0.15, -0.1) is 0 Å². The highest BCUT2D eigenvalue weighted by atomic mass is 16.2. The fourth-order valence-corrected chi connectivity index (χ4v) is 0.713. The van der Waals surface area contributed by atoms with Gasteiger partial charge in [0.1, 0.15) is 0 Å². The predicted octanol–water partition coefficient (Wildman–Crippen LogP) is 1.60. The first-order chi connectivity index (χ1) is 5.70. The first kappa shape index (κ1) is 8.59. The molecule has 0 heterocycles. The van der Waals surface area contributed by atoms with Crippen molar-refractivity contribution in [1.29, 1.82) is 0 Å². The zero-order chi connectivity index (χ0) is 8.97. The van der Waals surface area contributed by atoms with Crippen LogP contribution in [0, 0.1) is 0 Å². The summed E-state index contributed by atoms with van der Waals surface area (Å²) >= 11 is 0. The number of rotatable bonds is 1. The van der Waals surface area contributed by atoms with Gasteiger partial charge in [0.05, 0.1) is 5.69 Å². The second kappa shape index (κ2) is 3.76. The van der Waals surface area contributed by atoms with Crippen molar-refractivity contribution in [2.45, 2.75) is 0 Å². The average Bonchev–Trinajstić information content (AvgIpc) is 2.06. The van der Waals surface area contributed by atoms with Crippen molar-refractivity contribution in [3.8, 4) is 0 Å². The van der Waals surface area contributed by atoms with Gasteiger partial charge in [-0.25, -0.2) is 4.79 Å². The molecule has 0 N–H and O–H groups in total. The number of benzene rings is 1. The number of carbonyl (C=O) groups excluding carboxylic acids is 1. The van der Waals surface area contributed by atoms with Gasteiger partial charge in [0.15, 0.2) is 0 Å². The van der Waals surface area contributed by atoms with Crippen LogP contribution in [-0.2, 0) is 0 Å². The highest BCUT2D eigenvalue weighted by Crippen LogP contribution is 2.05. The van der Waals surface area contributed by atoms with E-state index in [0.717, 1.165) is 0 Å². The number of para-hydroxylation sites is 1. The Morgan fingerprint density at radius 1 is 1.25 bits per heavy atom. The smallest absolute Gasteiger partial charge is 0.329 e. The van der Waals surface area contributed by atoms with E-state index in [2.05, 4.69) is 5.32 Å². The maximum absolute atomic E-state index is 11.1. The van der Waals surface area contributed by atoms with Gasteiger partial charge in [-0.05, 0) is 12.1 Å². The molecule has 0 unspecified atom stereocenters. The molecule has 0 atom stereocenters. The molecule has 0 aromatic heterocycles. The molecule has 1 radical (unpaired) electrons. The average molecular weight is 163 g/mol. The Hall–Kier alpha value is -1.51. The molecule has 3 heteroatoms. The zero-order valence-electron chi connectivity index (χ0n) is 7.19. The summed E-state index contributed by atoms with van der Waals surface area (Å²) in [6.45, 7) is 0. The standard InChI is InChI=1S/C9H11N2O/c1-11(2)9(12)10-8-6-4-3-5-7-8/h3-7H,1-2H3. The SMILES string of the molecule is CN(C)C(=O)[N]c1ccccc1. The maximum atomic E-state index is 11.1. The van der Waals surface area contributed by atoms with Crippen LogP contribution in [0.2, 0.25) is 0 Å². The first-order valence-electron chi connectivity index (χ1n) is 3.68. The summed E-state index contributed by atoms with van der Waals surface area (Å²) in [5.41, 5.74) is 0.691. The Morgan fingerprint density at radius 3 is 2.33 bits per heavy atom. The van der Waals surface area contributed by atoms with Crippen molar-refractivity contribution in [3.05, 3.63) is 30.3 Å². The number of nitrogens with zero attached hydrogens (tertiary/aromatic N) is 2. The van der Waals surface area contributed by atoms with Crippen molar-refractivity contribution in [2.75, 3.05) is 14.1 Å². The van der Waals surface area contributed by atoms with Crippen LogP contribution in [0.1, 0.15) is 0 Å². The monoisotopic (exact) mass is 163 g/mol. The molecule has 0 aliphatic heterocycles. The van der Waals surface area contributed by atoms with E-state index in [1.165, 1.54) is 4.90 Å². The molecule has 0 saturated carbocycles. The molecule has 0 bridgehead atoms. The van der Waals surface area contributed by atoms with E-state index in [-0.39, 0.29) is 6.03 Å². The van der Waals surface area contributed by atoms with E-state index < -0.39 is 0 Å². The van der Waals surface area contributed by atoms with Gasteiger partial charge < -0.3 is 4.90 Å². The summed E-state index contributed by atoms with van der Waals surface area (Å²) in [7, 11) is 3.35. The number of hydrogen-bond donors (Lipinski definition) is 0. The molecule has 12 heavy (non-hydrogen) atoms. The fraction of sp³-hybridized carbons (Fsp3) is 0.222. The van der Waals surface area contributed by atoms with E-state index in [0.29, 0.717) is 5.69 Å². The van der Waals surface area contributed by atoms with Gasteiger partial charge >= 0.3 is 6.03 Å². The quantitative estimate of drug-likeness (QED) is 0.619. The summed E-state index contributed by atoms with van der Waals surface area (Å²) in [5.74, 6) is 0. The predicted molar refractivity (Wildman–Crippen MR) is 47.3 cm³/mol. The number of amides is 2. The van der Waals surface area contributed by atoms with Crippen LogP contribution < -0.4 is 5.32 Å². The second-order valence-electron chi connectivity index (χ2n) is 2.62. The minimum absolute atomic E-state index is 0.235. The summed E-state index contributed by atoms with van der Waals surface area (Å²) in [5, 5.41) is 3.85. The summed E-state index contributed by atoms with van der Waals surface area (Å²) in [4.78, 5) is 12.5. The number of carbonyl (C=O) groups is 1. The molecule has 0 fully saturated rings. The van der Waals surface area contributed by atoms with Gasteiger partial charge in [0.25, 0.3) is 0 Å². The van der Waals surface area contributed by atoms with Crippen molar-refractivity contribution < 1.29 is 4.79 Å². The first-order valence-corrected chi connectivity index (χ1v) is 3.68. The van der Waals surface area contributed by atoms with E-state index in [4.69, 9.17) is 0 Å². The second-order valence-corrected chi connectivity index (χ2v) is 2.62. The van der Waals surface area contributed by atoms with Gasteiger partial charge in [0, 0.05) is 14.1 Å². The van der Waals surface area contributed by atoms with Crippen molar-refractivity contribution in [2.24, 2.45) is 0 Å². The molecular formula is C9H11N2O. The van der Waals surface area contributed by atoms with E-state index in [9.17, 15) is 4.79 Å². The third-order valence-electron chi connectivity index (χ3n) is 1.36. The fourth-order valence-electron chi connectivity index (χ4n) is 0.713. The summed E-state index contributed by atoms with van der Waals surface area (Å²) in [6.07, 6.45) is 0.